The summed E-state index contributed by atoms with van der Waals surface area (Å²) in [5.41, 5.74) is 14.8. The van der Waals surface area contributed by atoms with Crippen LogP contribution in [0.4, 0.5) is 5.82 Å². The Kier molecular flexibility index (Phi) is 12.4. The largest absolute Gasteiger partial charge is 0.290 e. The fraction of sp³-hybridized carbons (Fsp3) is 0.0909. The van der Waals surface area contributed by atoms with Gasteiger partial charge in [-0.05, 0) is 97.1 Å². The first-order valence-electron chi connectivity index (χ1n) is 17.3. The summed E-state index contributed by atoms with van der Waals surface area (Å²) < 4.78 is 2.06. The van der Waals surface area contributed by atoms with Crippen molar-refractivity contribution in [2.75, 3.05) is 5.43 Å². The summed E-state index contributed by atoms with van der Waals surface area (Å²) >= 11 is 13.2. The predicted molar refractivity (Wildman–Crippen MR) is 233 cm³/mol. The third-order valence-electron chi connectivity index (χ3n) is 9.12. The molecule has 0 fully saturated rings. The van der Waals surface area contributed by atoms with Gasteiger partial charge in [-0.2, -0.15) is 0 Å². The molecule has 11 heteroatoms. The van der Waals surface area contributed by atoms with Gasteiger partial charge in [0.25, 0.3) is 11.8 Å². The Labute approximate surface area is 340 Å². The van der Waals surface area contributed by atoms with E-state index in [1.807, 2.05) is 125 Å². The first kappa shape index (κ1) is 39.3. The molecule has 0 aliphatic heterocycles. The number of nitrogen functional groups attached to an aromatic ring is 1. The third kappa shape index (κ3) is 8.79. The lowest BCUT2D eigenvalue weighted by molar-refractivity contribution is 0.0947. The second-order valence-corrected chi connectivity index (χ2v) is 15.1. The number of aryl methyl sites for hydroxylation is 4. The lowest BCUT2D eigenvalue weighted by Gasteiger charge is -2.14. The van der Waals surface area contributed by atoms with Gasteiger partial charge in [0.1, 0.15) is 5.15 Å². The average molecular weight is 877 g/mol. The van der Waals surface area contributed by atoms with E-state index < -0.39 is 0 Å². The quantitative estimate of drug-likeness (QED) is 0.0459. The number of pyridine rings is 2. The van der Waals surface area contributed by atoms with Gasteiger partial charge in [0, 0.05) is 41.6 Å². The van der Waals surface area contributed by atoms with Crippen molar-refractivity contribution >= 4 is 104 Å². The Balaban J connectivity index is 0.000000155. The van der Waals surface area contributed by atoms with Crippen LogP contribution in [0.2, 0.25) is 5.15 Å². The van der Waals surface area contributed by atoms with Gasteiger partial charge < -0.3 is 0 Å². The van der Waals surface area contributed by atoms with Crippen LogP contribution in [-0.2, 0) is 0 Å². The number of nitrogens with two attached hydrogens (primary N) is 1. The van der Waals surface area contributed by atoms with Gasteiger partial charge in [0.05, 0.1) is 11.0 Å². The number of aromatic nitrogens is 2. The highest BCUT2D eigenvalue weighted by atomic mass is 79.9. The zero-order valence-electron chi connectivity index (χ0n) is 30.5. The normalized spacial score (nSPS) is 10.7. The summed E-state index contributed by atoms with van der Waals surface area (Å²) in [6.07, 6.45) is 0. The zero-order valence-corrected chi connectivity index (χ0v) is 34.4. The molecule has 0 radical (unpaired) electrons. The second kappa shape index (κ2) is 17.4. The van der Waals surface area contributed by atoms with Crippen molar-refractivity contribution in [3.8, 4) is 0 Å². The Hall–Kier alpha value is -5.39. The number of benzene rings is 6. The average Bonchev–Trinajstić information content (AvgIpc) is 3.18. The van der Waals surface area contributed by atoms with E-state index in [4.69, 9.17) is 22.4 Å². The summed E-state index contributed by atoms with van der Waals surface area (Å²) in [7, 11) is 0. The molecule has 0 bridgehead atoms. The molecule has 0 spiro atoms. The molecular weight excluding hydrogens is 840 g/mol. The van der Waals surface area contributed by atoms with Crippen molar-refractivity contribution in [1.29, 1.82) is 0 Å². The van der Waals surface area contributed by atoms with Crippen LogP contribution in [-0.4, -0.2) is 21.8 Å². The Morgan fingerprint density at radius 2 is 0.982 bits per heavy atom. The Morgan fingerprint density at radius 3 is 1.49 bits per heavy atom. The molecule has 8 nitrogen and oxygen atoms in total. The van der Waals surface area contributed by atoms with Crippen LogP contribution < -0.4 is 22.1 Å². The highest BCUT2D eigenvalue weighted by Gasteiger charge is 2.14. The maximum Gasteiger partial charge on any atom is 0.270 e. The lowest BCUT2D eigenvalue weighted by atomic mass is 10.0. The molecule has 0 aliphatic rings. The molecule has 5 N–H and O–H groups in total. The van der Waals surface area contributed by atoms with E-state index in [2.05, 4.69) is 77.4 Å². The summed E-state index contributed by atoms with van der Waals surface area (Å²) in [5, 5.41) is 6.90. The standard InChI is InChI=1S/C22H18BrN3O.C13H7BrClN.C9H12N2O/c1-13-6-5-7-14(2)20(13)22(27)26-25-21-17-9-4-3-8-16(17)18-12-15(23)10-11-19(18)24-21;14-8-5-6-12-11(7-8)9-3-1-2-4-10(9)13(15)16-12;1-6-4-3-5-7(2)8(6)9(12)11-10/h3-12H,1-2H3,(H,24,25)(H,26,27);1-7H;3-5H,10H2,1-2H3,(H,11,12). The van der Waals surface area contributed by atoms with Gasteiger partial charge in [-0.25, -0.2) is 15.8 Å². The van der Waals surface area contributed by atoms with Crippen LogP contribution in [0.3, 0.4) is 0 Å². The number of nitrogens with zero attached hydrogens (tertiary/aromatic N) is 2. The number of hydrazine groups is 2. The molecule has 6 aromatic carbocycles. The molecule has 0 saturated carbocycles. The van der Waals surface area contributed by atoms with Crippen molar-refractivity contribution in [2.45, 2.75) is 27.7 Å². The minimum atomic E-state index is -0.231. The van der Waals surface area contributed by atoms with Crippen molar-refractivity contribution in [3.63, 3.8) is 0 Å². The molecule has 8 aromatic rings. The fourth-order valence-electron chi connectivity index (χ4n) is 6.50. The maximum atomic E-state index is 12.7. The number of fused-ring (bicyclic) bond motifs is 6. The number of hydrogen-bond acceptors (Lipinski definition) is 6. The summed E-state index contributed by atoms with van der Waals surface area (Å²) in [5.74, 6) is 5.26. The Bertz CT molecular complexity index is 2700. The van der Waals surface area contributed by atoms with Gasteiger partial charge in [-0.15, -0.1) is 0 Å². The van der Waals surface area contributed by atoms with Gasteiger partial charge in [0.2, 0.25) is 0 Å². The monoisotopic (exact) mass is 874 g/mol. The third-order valence-corrected chi connectivity index (χ3v) is 10.4. The van der Waals surface area contributed by atoms with E-state index in [0.717, 1.165) is 74.5 Å². The minimum Gasteiger partial charge on any atom is -0.290 e. The zero-order chi connectivity index (χ0) is 39.2. The minimum absolute atomic E-state index is 0.174. The highest BCUT2D eigenvalue weighted by molar-refractivity contribution is 9.10. The summed E-state index contributed by atoms with van der Waals surface area (Å²) in [4.78, 5) is 33.0. The number of amides is 2. The van der Waals surface area contributed by atoms with Crippen LogP contribution in [0.15, 0.2) is 130 Å². The molecule has 0 atom stereocenters. The van der Waals surface area contributed by atoms with Gasteiger partial charge in [0.15, 0.2) is 5.82 Å². The molecule has 2 aromatic heterocycles. The van der Waals surface area contributed by atoms with Crippen LogP contribution in [0.5, 0.6) is 0 Å². The van der Waals surface area contributed by atoms with E-state index in [1.54, 1.807) is 0 Å². The topological polar surface area (TPSA) is 122 Å². The Morgan fingerprint density at radius 1 is 0.545 bits per heavy atom. The summed E-state index contributed by atoms with van der Waals surface area (Å²) in [6.45, 7) is 7.64. The fourth-order valence-corrected chi connectivity index (χ4v) is 7.48. The number of rotatable bonds is 4. The molecule has 2 amide bonds. The number of halogens is 3. The van der Waals surface area contributed by atoms with Gasteiger partial charge >= 0.3 is 0 Å². The molecular formula is C44H37Br2ClN6O2. The van der Waals surface area contributed by atoms with E-state index >= 15 is 0 Å². The van der Waals surface area contributed by atoms with E-state index in [-0.39, 0.29) is 11.8 Å². The van der Waals surface area contributed by atoms with E-state index in [1.165, 1.54) is 0 Å². The number of nitrogens with one attached hydrogen (secondary N) is 3. The molecule has 276 valence electrons. The number of hydrogen-bond donors (Lipinski definition) is 4. The number of carbonyl (C=O) groups excluding carboxylic acids is 2. The number of carbonyl (C=O) groups is 2. The smallest absolute Gasteiger partial charge is 0.270 e. The van der Waals surface area contributed by atoms with Crippen molar-refractivity contribution in [1.82, 2.24) is 20.8 Å². The molecule has 8 rings (SSSR count). The van der Waals surface area contributed by atoms with Crippen LogP contribution >= 0.6 is 43.5 Å². The molecule has 2 heterocycles. The molecule has 0 unspecified atom stereocenters. The van der Waals surface area contributed by atoms with Gasteiger partial charge in [-0.3, -0.25) is 25.9 Å². The van der Waals surface area contributed by atoms with Crippen LogP contribution in [0.1, 0.15) is 43.0 Å². The molecule has 0 saturated heterocycles. The SMILES string of the molecule is Cc1cccc(C)c1C(=O)NN.Cc1cccc(C)c1C(=O)NNc1nc2ccc(Br)cc2c2ccccc12.Clc1nc2ccc(Br)cc2c2ccccc12. The van der Waals surface area contributed by atoms with Crippen molar-refractivity contribution in [3.05, 3.63) is 169 Å². The summed E-state index contributed by atoms with van der Waals surface area (Å²) in [6, 6.07) is 39.6. The van der Waals surface area contributed by atoms with Gasteiger partial charge in [-0.1, -0.05) is 128 Å². The molecule has 55 heavy (non-hydrogen) atoms. The lowest BCUT2D eigenvalue weighted by Crippen LogP contribution is -2.31. The first-order valence-corrected chi connectivity index (χ1v) is 19.2. The van der Waals surface area contributed by atoms with E-state index in [9.17, 15) is 9.59 Å². The van der Waals surface area contributed by atoms with Crippen molar-refractivity contribution < 1.29 is 9.59 Å². The molecule has 0 aliphatic carbocycles. The van der Waals surface area contributed by atoms with Crippen molar-refractivity contribution in [2.24, 2.45) is 5.84 Å². The van der Waals surface area contributed by atoms with E-state index in [0.29, 0.717) is 22.1 Å². The van der Waals surface area contributed by atoms with Crippen LogP contribution in [0.25, 0.3) is 43.4 Å². The number of anilines is 1. The highest BCUT2D eigenvalue weighted by Crippen LogP contribution is 2.32. The second-order valence-electron chi connectivity index (χ2n) is 12.9. The predicted octanol–water partition coefficient (Wildman–Crippen LogP) is 11.2. The van der Waals surface area contributed by atoms with Crippen LogP contribution in [0, 0.1) is 27.7 Å². The maximum absolute atomic E-state index is 12.7. The first-order chi connectivity index (χ1) is 26.5.